The smallest absolute Gasteiger partial charge is 0.0880 e. The number of rotatable bonds is 1. The average molecular weight is 183 g/mol. The largest absolute Gasteiger partial charge is 0.396 e. The monoisotopic (exact) mass is 183 g/mol. The van der Waals surface area contributed by atoms with Gasteiger partial charge in [0.1, 0.15) is 0 Å². The number of nitrogen functional groups attached to an aromatic ring is 1. The summed E-state index contributed by atoms with van der Waals surface area (Å²) in [6.07, 6.45) is 6.88. The van der Waals surface area contributed by atoms with E-state index in [1.54, 1.807) is 6.20 Å². The molecule has 0 fully saturated rings. The fourth-order valence-electron chi connectivity index (χ4n) is 1.29. The quantitative estimate of drug-likeness (QED) is 0.660. The maximum atomic E-state index is 5.72. The van der Waals surface area contributed by atoms with Crippen LogP contribution in [0.1, 0.15) is 5.56 Å². The van der Waals surface area contributed by atoms with Gasteiger partial charge in [-0.3, -0.25) is 5.10 Å². The fourth-order valence-corrected chi connectivity index (χ4v) is 1.29. The van der Waals surface area contributed by atoms with Crippen molar-refractivity contribution < 1.29 is 0 Å². The summed E-state index contributed by atoms with van der Waals surface area (Å²) >= 11 is 0. The Labute approximate surface area is 82.0 Å². The molecule has 2 aromatic rings. The zero-order chi connectivity index (χ0) is 9.97. The molecule has 0 bridgehead atoms. The number of nitrogens with zero attached hydrogens (tertiary/aromatic N) is 1. The van der Waals surface area contributed by atoms with Crippen LogP contribution < -0.4 is 5.73 Å². The first-order valence-electron chi connectivity index (χ1n) is 4.17. The summed E-state index contributed by atoms with van der Waals surface area (Å²) in [6, 6.07) is 7.59. The lowest BCUT2D eigenvalue weighted by atomic mass is 10.1. The molecule has 1 aromatic carbocycles. The van der Waals surface area contributed by atoms with Gasteiger partial charge in [-0.2, -0.15) is 5.10 Å². The van der Waals surface area contributed by atoms with E-state index in [9.17, 15) is 0 Å². The zero-order valence-electron chi connectivity index (χ0n) is 7.49. The van der Waals surface area contributed by atoms with E-state index >= 15 is 0 Å². The average Bonchev–Trinajstić information content (AvgIpc) is 2.65. The number of anilines is 1. The van der Waals surface area contributed by atoms with Crippen LogP contribution in [0.25, 0.3) is 11.3 Å². The lowest BCUT2D eigenvalue weighted by Crippen LogP contribution is -1.87. The molecule has 68 valence electrons. The summed E-state index contributed by atoms with van der Waals surface area (Å²) in [7, 11) is 0. The molecule has 1 aromatic heterocycles. The molecule has 2 rings (SSSR count). The van der Waals surface area contributed by atoms with E-state index in [1.807, 2.05) is 24.3 Å². The molecule has 14 heavy (non-hydrogen) atoms. The molecule has 0 saturated heterocycles. The summed E-state index contributed by atoms with van der Waals surface area (Å²) < 4.78 is 0. The molecule has 0 saturated carbocycles. The van der Waals surface area contributed by atoms with Gasteiger partial charge in [-0.25, -0.2) is 0 Å². The van der Waals surface area contributed by atoms with Crippen molar-refractivity contribution in [1.29, 1.82) is 0 Å². The number of aromatic amines is 1. The highest BCUT2D eigenvalue weighted by Gasteiger charge is 2.03. The Morgan fingerprint density at radius 2 is 2.29 bits per heavy atom. The molecular formula is C11H9N3. The van der Waals surface area contributed by atoms with Crippen LogP contribution in [0.15, 0.2) is 30.5 Å². The van der Waals surface area contributed by atoms with Crippen molar-refractivity contribution in [1.82, 2.24) is 10.2 Å². The molecule has 0 unspecified atom stereocenters. The third kappa shape index (κ3) is 1.34. The number of benzene rings is 1. The maximum Gasteiger partial charge on any atom is 0.0880 e. The van der Waals surface area contributed by atoms with Gasteiger partial charge in [-0.1, -0.05) is 18.1 Å². The highest BCUT2D eigenvalue weighted by Crippen LogP contribution is 2.22. The van der Waals surface area contributed by atoms with Gasteiger partial charge >= 0.3 is 0 Å². The van der Waals surface area contributed by atoms with Crippen molar-refractivity contribution in [3.8, 4) is 23.6 Å². The van der Waals surface area contributed by atoms with Gasteiger partial charge in [-0.05, 0) is 12.1 Å². The van der Waals surface area contributed by atoms with E-state index in [0.717, 1.165) is 16.8 Å². The van der Waals surface area contributed by atoms with Gasteiger partial charge in [0.25, 0.3) is 0 Å². The summed E-state index contributed by atoms with van der Waals surface area (Å²) in [6.45, 7) is 0. The van der Waals surface area contributed by atoms with E-state index in [0.29, 0.717) is 5.69 Å². The van der Waals surface area contributed by atoms with Crippen LogP contribution in [0.3, 0.4) is 0 Å². The topological polar surface area (TPSA) is 54.7 Å². The fraction of sp³-hybridized carbons (Fsp3) is 0. The van der Waals surface area contributed by atoms with Gasteiger partial charge in [0.15, 0.2) is 0 Å². The molecule has 0 aliphatic carbocycles. The Morgan fingerprint density at radius 1 is 1.43 bits per heavy atom. The molecule has 1 heterocycles. The van der Waals surface area contributed by atoms with Gasteiger partial charge < -0.3 is 5.73 Å². The number of nitrogens with two attached hydrogens (primary N) is 1. The van der Waals surface area contributed by atoms with Gasteiger partial charge in [0.05, 0.1) is 17.6 Å². The minimum atomic E-state index is 0.624. The molecule has 0 aliphatic heterocycles. The minimum Gasteiger partial charge on any atom is -0.396 e. The van der Waals surface area contributed by atoms with Crippen molar-refractivity contribution in [2.75, 3.05) is 5.73 Å². The highest BCUT2D eigenvalue weighted by molar-refractivity contribution is 5.72. The van der Waals surface area contributed by atoms with Crippen LogP contribution in [-0.2, 0) is 0 Å². The minimum absolute atomic E-state index is 0.624. The summed E-state index contributed by atoms with van der Waals surface area (Å²) in [5.41, 5.74) is 8.93. The van der Waals surface area contributed by atoms with Crippen LogP contribution in [0.2, 0.25) is 0 Å². The number of hydrogen-bond donors (Lipinski definition) is 2. The van der Waals surface area contributed by atoms with Crippen molar-refractivity contribution in [3.05, 3.63) is 36.0 Å². The molecule has 0 atom stereocenters. The first-order valence-corrected chi connectivity index (χ1v) is 4.17. The molecule has 3 heteroatoms. The van der Waals surface area contributed by atoms with Crippen molar-refractivity contribution in [2.45, 2.75) is 0 Å². The van der Waals surface area contributed by atoms with Crippen LogP contribution in [0.4, 0.5) is 5.69 Å². The van der Waals surface area contributed by atoms with Gasteiger partial charge in [-0.15, -0.1) is 6.42 Å². The van der Waals surface area contributed by atoms with E-state index in [4.69, 9.17) is 12.2 Å². The Morgan fingerprint density at radius 3 is 2.93 bits per heavy atom. The number of terminal acetylenes is 1. The standard InChI is InChI=1S/C11H9N3/c1-2-8-4-3-5-9(6-8)11-10(12)7-13-14-11/h1,3-7H,12H2,(H,13,14). The summed E-state index contributed by atoms with van der Waals surface area (Å²) in [4.78, 5) is 0. The number of hydrogen-bond acceptors (Lipinski definition) is 2. The van der Waals surface area contributed by atoms with Crippen molar-refractivity contribution >= 4 is 5.69 Å². The highest BCUT2D eigenvalue weighted by atomic mass is 15.1. The SMILES string of the molecule is C#Cc1cccc(-c2[nH]ncc2N)c1. The molecule has 3 N–H and O–H groups in total. The molecule has 0 spiro atoms. The lowest BCUT2D eigenvalue weighted by molar-refractivity contribution is 1.10. The van der Waals surface area contributed by atoms with E-state index in [2.05, 4.69) is 16.1 Å². The predicted octanol–water partition coefficient (Wildman–Crippen LogP) is 1.64. The third-order valence-corrected chi connectivity index (χ3v) is 1.99. The second kappa shape index (κ2) is 3.27. The molecule has 0 radical (unpaired) electrons. The number of H-pyrrole nitrogens is 1. The first-order chi connectivity index (χ1) is 6.81. The van der Waals surface area contributed by atoms with Gasteiger partial charge in [0.2, 0.25) is 0 Å². The lowest BCUT2D eigenvalue weighted by Gasteiger charge is -1.99. The Balaban J connectivity index is 2.53. The summed E-state index contributed by atoms with van der Waals surface area (Å²) in [5.74, 6) is 2.57. The Hall–Kier alpha value is -2.21. The number of nitrogens with one attached hydrogen (secondary N) is 1. The molecule has 0 aliphatic rings. The van der Waals surface area contributed by atoms with Crippen LogP contribution in [-0.4, -0.2) is 10.2 Å². The normalized spacial score (nSPS) is 9.64. The molecular weight excluding hydrogens is 174 g/mol. The zero-order valence-corrected chi connectivity index (χ0v) is 7.49. The number of aromatic nitrogens is 2. The van der Waals surface area contributed by atoms with E-state index < -0.39 is 0 Å². The van der Waals surface area contributed by atoms with Crippen LogP contribution >= 0.6 is 0 Å². The molecule has 3 nitrogen and oxygen atoms in total. The first kappa shape index (κ1) is 8.39. The van der Waals surface area contributed by atoms with Crippen LogP contribution in [0.5, 0.6) is 0 Å². The second-order valence-corrected chi connectivity index (χ2v) is 2.93. The Kier molecular flexibility index (Phi) is 1.96. The predicted molar refractivity (Wildman–Crippen MR) is 56.4 cm³/mol. The third-order valence-electron chi connectivity index (χ3n) is 1.99. The van der Waals surface area contributed by atoms with Crippen molar-refractivity contribution in [2.24, 2.45) is 0 Å². The van der Waals surface area contributed by atoms with Gasteiger partial charge in [0, 0.05) is 11.1 Å². The molecule has 0 amide bonds. The van der Waals surface area contributed by atoms with Crippen molar-refractivity contribution in [3.63, 3.8) is 0 Å². The maximum absolute atomic E-state index is 5.72. The second-order valence-electron chi connectivity index (χ2n) is 2.93. The Bertz CT molecular complexity index is 491. The van der Waals surface area contributed by atoms with Crippen LogP contribution in [0, 0.1) is 12.3 Å². The van der Waals surface area contributed by atoms with E-state index in [-0.39, 0.29) is 0 Å². The van der Waals surface area contributed by atoms with E-state index in [1.165, 1.54) is 0 Å². The summed E-state index contributed by atoms with van der Waals surface area (Å²) in [5, 5.41) is 6.68.